The third-order valence-corrected chi connectivity index (χ3v) is 4.05. The maximum absolute atomic E-state index is 12.7. The van der Waals surface area contributed by atoms with Crippen molar-refractivity contribution >= 4 is 30.1 Å². The van der Waals surface area contributed by atoms with Crippen LogP contribution < -0.4 is 10.1 Å². The van der Waals surface area contributed by atoms with Crippen LogP contribution in [0.5, 0.6) is 5.75 Å². The molecule has 21 heavy (non-hydrogen) atoms. The Morgan fingerprint density at radius 3 is 2.81 bits per heavy atom. The number of nitrogens with one attached hydrogen (secondary N) is 1. The summed E-state index contributed by atoms with van der Waals surface area (Å²) < 4.78 is 18.2. The number of thioether (sulfide) groups is 1. The summed E-state index contributed by atoms with van der Waals surface area (Å²) in [7, 11) is 1.81. The lowest BCUT2D eigenvalue weighted by atomic mass is 10.3. The van der Waals surface area contributed by atoms with E-state index in [9.17, 15) is 9.18 Å². The van der Waals surface area contributed by atoms with Crippen LogP contribution in [0, 0.1) is 5.82 Å². The molecule has 7 heteroatoms. The van der Waals surface area contributed by atoms with Gasteiger partial charge >= 0.3 is 0 Å². The number of nitrogens with zero attached hydrogens (tertiary/aromatic N) is 1. The predicted octanol–water partition coefficient (Wildman–Crippen LogP) is 2.14. The number of ether oxygens (including phenoxy) is 1. The van der Waals surface area contributed by atoms with Gasteiger partial charge in [-0.15, -0.1) is 24.2 Å². The normalized spacial score (nSPS) is 17.1. The molecule has 1 aromatic rings. The highest BCUT2D eigenvalue weighted by Gasteiger charge is 2.24. The average molecular weight is 335 g/mol. The summed E-state index contributed by atoms with van der Waals surface area (Å²) in [4.78, 5) is 13.7. The molecule has 4 nitrogen and oxygen atoms in total. The lowest BCUT2D eigenvalue weighted by Gasteiger charge is -2.20. The topological polar surface area (TPSA) is 41.6 Å². The molecule has 0 radical (unpaired) electrons. The van der Waals surface area contributed by atoms with Crippen molar-refractivity contribution in [3.05, 3.63) is 30.1 Å². The zero-order valence-electron chi connectivity index (χ0n) is 11.9. The van der Waals surface area contributed by atoms with Crippen LogP contribution in [0.2, 0.25) is 0 Å². The second kappa shape index (κ2) is 9.12. The maximum atomic E-state index is 12.7. The van der Waals surface area contributed by atoms with Crippen molar-refractivity contribution in [2.75, 3.05) is 31.8 Å². The fourth-order valence-corrected chi connectivity index (χ4v) is 2.89. The van der Waals surface area contributed by atoms with Crippen LogP contribution in [0.25, 0.3) is 0 Å². The Kier molecular flexibility index (Phi) is 7.85. The second-order valence-corrected chi connectivity index (χ2v) is 5.72. The van der Waals surface area contributed by atoms with Crippen LogP contribution in [0.4, 0.5) is 4.39 Å². The molecular weight excluding hydrogens is 315 g/mol. The van der Waals surface area contributed by atoms with Crippen LogP contribution in [-0.2, 0) is 4.79 Å². The molecule has 1 fully saturated rings. The molecule has 118 valence electrons. The Hall–Kier alpha value is -0.980. The highest BCUT2D eigenvalue weighted by atomic mass is 35.5. The Morgan fingerprint density at radius 1 is 1.48 bits per heavy atom. The number of carbonyl (C=O) groups excluding carboxylic acids is 1. The van der Waals surface area contributed by atoms with Gasteiger partial charge in [0.25, 0.3) is 0 Å². The van der Waals surface area contributed by atoms with Gasteiger partial charge in [0.2, 0.25) is 5.91 Å². The van der Waals surface area contributed by atoms with Crippen LogP contribution in [-0.4, -0.2) is 48.7 Å². The summed E-state index contributed by atoms with van der Waals surface area (Å²) in [5.41, 5.74) is 0. The standard InChI is InChI=1S/C14H19FN2O2S.ClH/c1-17(14(18)13-9-20-10-16-13)7-2-8-19-12-5-3-11(15)4-6-12;/h3-6,13,16H,2,7-10H2,1H3;1H. The molecule has 1 atom stereocenters. The van der Waals surface area contributed by atoms with E-state index in [0.29, 0.717) is 18.9 Å². The molecule has 1 aliphatic rings. The molecule has 0 aliphatic carbocycles. The lowest BCUT2D eigenvalue weighted by Crippen LogP contribution is -2.43. The van der Waals surface area contributed by atoms with Gasteiger partial charge < -0.3 is 9.64 Å². The van der Waals surface area contributed by atoms with Gasteiger partial charge in [0, 0.05) is 25.2 Å². The van der Waals surface area contributed by atoms with E-state index in [1.165, 1.54) is 12.1 Å². The third-order valence-electron chi connectivity index (χ3n) is 3.11. The van der Waals surface area contributed by atoms with E-state index in [1.807, 2.05) is 7.05 Å². The monoisotopic (exact) mass is 334 g/mol. The zero-order valence-corrected chi connectivity index (χ0v) is 13.5. The summed E-state index contributed by atoms with van der Waals surface area (Å²) in [6.07, 6.45) is 0.749. The van der Waals surface area contributed by atoms with Crippen molar-refractivity contribution in [2.24, 2.45) is 0 Å². The first-order valence-corrected chi connectivity index (χ1v) is 7.77. The number of hydrogen-bond acceptors (Lipinski definition) is 4. The molecule has 0 saturated carbocycles. The molecule has 0 aromatic heterocycles. The number of carbonyl (C=O) groups is 1. The largest absolute Gasteiger partial charge is 0.494 e. The van der Waals surface area contributed by atoms with Gasteiger partial charge in [-0.1, -0.05) is 0 Å². The highest BCUT2D eigenvalue weighted by molar-refractivity contribution is 7.99. The van der Waals surface area contributed by atoms with Crippen molar-refractivity contribution in [3.8, 4) is 5.75 Å². The first-order valence-electron chi connectivity index (χ1n) is 6.61. The molecule has 1 unspecified atom stereocenters. The van der Waals surface area contributed by atoms with Crippen molar-refractivity contribution < 1.29 is 13.9 Å². The fourth-order valence-electron chi connectivity index (χ4n) is 1.95. The Balaban J connectivity index is 0.00000220. The van der Waals surface area contributed by atoms with Crippen LogP contribution in [0.1, 0.15) is 6.42 Å². The summed E-state index contributed by atoms with van der Waals surface area (Å²) in [5, 5.41) is 3.16. The van der Waals surface area contributed by atoms with Gasteiger partial charge in [0.1, 0.15) is 11.6 Å². The molecule has 1 N–H and O–H groups in total. The summed E-state index contributed by atoms with van der Waals surface area (Å²) in [6.45, 7) is 1.17. The van der Waals surface area contributed by atoms with E-state index in [-0.39, 0.29) is 30.2 Å². The molecule has 1 amide bonds. The van der Waals surface area contributed by atoms with Crippen LogP contribution >= 0.6 is 24.2 Å². The zero-order chi connectivity index (χ0) is 14.4. The smallest absolute Gasteiger partial charge is 0.240 e. The van der Waals surface area contributed by atoms with Crippen molar-refractivity contribution in [1.82, 2.24) is 10.2 Å². The van der Waals surface area contributed by atoms with E-state index in [4.69, 9.17) is 4.74 Å². The number of benzene rings is 1. The van der Waals surface area contributed by atoms with E-state index in [2.05, 4.69) is 5.32 Å². The van der Waals surface area contributed by atoms with Gasteiger partial charge in [-0.25, -0.2) is 4.39 Å². The first-order chi connectivity index (χ1) is 9.66. The van der Waals surface area contributed by atoms with E-state index < -0.39 is 0 Å². The number of hydrogen-bond donors (Lipinski definition) is 1. The highest BCUT2D eigenvalue weighted by Crippen LogP contribution is 2.12. The summed E-state index contributed by atoms with van der Waals surface area (Å²) in [5.74, 6) is 2.20. The molecule has 0 bridgehead atoms. The molecule has 2 rings (SSSR count). The second-order valence-electron chi connectivity index (χ2n) is 4.69. The number of halogens is 2. The minimum Gasteiger partial charge on any atom is -0.494 e. The predicted molar refractivity (Wildman–Crippen MR) is 85.6 cm³/mol. The van der Waals surface area contributed by atoms with E-state index >= 15 is 0 Å². The van der Waals surface area contributed by atoms with Crippen LogP contribution in [0.15, 0.2) is 24.3 Å². The van der Waals surface area contributed by atoms with Gasteiger partial charge in [-0.3, -0.25) is 10.1 Å². The van der Waals surface area contributed by atoms with Gasteiger partial charge in [0.15, 0.2) is 0 Å². The van der Waals surface area contributed by atoms with Crippen molar-refractivity contribution in [2.45, 2.75) is 12.5 Å². The van der Waals surface area contributed by atoms with Crippen molar-refractivity contribution in [3.63, 3.8) is 0 Å². The minimum atomic E-state index is -0.274. The SMILES string of the molecule is CN(CCCOc1ccc(F)cc1)C(=O)C1CSCN1.Cl. The first kappa shape index (κ1) is 18.1. The van der Waals surface area contributed by atoms with E-state index in [1.54, 1.807) is 28.8 Å². The maximum Gasteiger partial charge on any atom is 0.240 e. The van der Waals surface area contributed by atoms with Gasteiger partial charge in [0.05, 0.1) is 12.6 Å². The number of amides is 1. The molecule has 0 spiro atoms. The van der Waals surface area contributed by atoms with E-state index in [0.717, 1.165) is 18.1 Å². The molecular formula is C14H20ClFN2O2S. The van der Waals surface area contributed by atoms with Crippen molar-refractivity contribution in [1.29, 1.82) is 0 Å². The average Bonchev–Trinajstić information content (AvgIpc) is 2.98. The number of rotatable bonds is 6. The minimum absolute atomic E-state index is 0. The summed E-state index contributed by atoms with van der Waals surface area (Å²) >= 11 is 1.74. The Bertz CT molecular complexity index is 441. The molecule has 1 aliphatic heterocycles. The number of likely N-dealkylation sites (N-methyl/N-ethyl adjacent to an activating group) is 1. The Morgan fingerprint density at radius 2 is 2.19 bits per heavy atom. The summed E-state index contributed by atoms with van der Waals surface area (Å²) in [6, 6.07) is 5.89. The quantitative estimate of drug-likeness (QED) is 0.809. The van der Waals surface area contributed by atoms with Gasteiger partial charge in [-0.2, -0.15) is 0 Å². The Labute approximate surface area is 134 Å². The molecule has 1 aromatic carbocycles. The van der Waals surface area contributed by atoms with Crippen LogP contribution in [0.3, 0.4) is 0 Å². The van der Waals surface area contributed by atoms with Gasteiger partial charge in [-0.05, 0) is 30.7 Å². The third kappa shape index (κ3) is 5.73. The lowest BCUT2D eigenvalue weighted by molar-refractivity contribution is -0.131. The molecule has 1 saturated heterocycles. The fraction of sp³-hybridized carbons (Fsp3) is 0.500. The molecule has 1 heterocycles.